The van der Waals surface area contributed by atoms with Gasteiger partial charge in [-0.3, -0.25) is 14.5 Å². The number of aryl methyl sites for hydroxylation is 1. The van der Waals surface area contributed by atoms with E-state index in [0.29, 0.717) is 10.6 Å². The van der Waals surface area contributed by atoms with Gasteiger partial charge in [-0.2, -0.15) is 0 Å². The van der Waals surface area contributed by atoms with E-state index in [-0.39, 0.29) is 23.9 Å². The van der Waals surface area contributed by atoms with Gasteiger partial charge in [-0.05, 0) is 55.4 Å². The maximum atomic E-state index is 13.5. The lowest BCUT2D eigenvalue weighted by atomic mass is 9.94. The number of ketones is 1. The second-order valence-electron chi connectivity index (χ2n) is 8.63. The van der Waals surface area contributed by atoms with Gasteiger partial charge in [0.1, 0.15) is 0 Å². The maximum absolute atomic E-state index is 13.5. The first-order valence-electron chi connectivity index (χ1n) is 11.7. The lowest BCUT2D eigenvalue weighted by Gasteiger charge is -2.36. The summed E-state index contributed by atoms with van der Waals surface area (Å²) >= 11 is 6.12. The van der Waals surface area contributed by atoms with E-state index in [1.807, 2.05) is 6.92 Å². The van der Waals surface area contributed by atoms with Gasteiger partial charge >= 0.3 is 0 Å². The zero-order chi connectivity index (χ0) is 25.1. The molecule has 0 saturated heterocycles. The van der Waals surface area contributed by atoms with Crippen molar-refractivity contribution in [3.05, 3.63) is 106 Å². The summed E-state index contributed by atoms with van der Waals surface area (Å²) in [7, 11) is 0. The smallest absolute Gasteiger partial charge is 0.290 e. The number of halogens is 1. The van der Waals surface area contributed by atoms with Crippen molar-refractivity contribution in [2.45, 2.75) is 32.9 Å². The second-order valence-corrected chi connectivity index (χ2v) is 9.06. The summed E-state index contributed by atoms with van der Waals surface area (Å²) in [5.41, 5.74) is 2.90. The first-order chi connectivity index (χ1) is 16.8. The van der Waals surface area contributed by atoms with Gasteiger partial charge in [0.15, 0.2) is 11.5 Å². The number of hydrogen-bond donors (Lipinski definition) is 1. The molecular weight excluding hydrogens is 464 g/mol. The van der Waals surface area contributed by atoms with Gasteiger partial charge in [-0.15, -0.1) is 0 Å². The van der Waals surface area contributed by atoms with Gasteiger partial charge in [0.2, 0.25) is 5.78 Å². The number of Topliss-reactive ketones (excluding diaryl/α,β-unsaturated/α-hetero) is 1. The second kappa shape index (κ2) is 10.5. The van der Waals surface area contributed by atoms with Gasteiger partial charge < -0.3 is 14.4 Å². The van der Waals surface area contributed by atoms with E-state index >= 15 is 0 Å². The molecule has 2 aromatic carbocycles. The van der Waals surface area contributed by atoms with Crippen molar-refractivity contribution in [2.24, 2.45) is 0 Å². The van der Waals surface area contributed by atoms with E-state index in [0.717, 1.165) is 24.2 Å². The number of aliphatic hydroxyl groups is 1. The monoisotopic (exact) mass is 492 g/mol. The number of amides is 1. The normalized spacial score (nSPS) is 16.9. The molecule has 2 atom stereocenters. The van der Waals surface area contributed by atoms with Gasteiger partial charge in [0.05, 0.1) is 23.9 Å². The molecule has 7 heteroatoms. The highest BCUT2D eigenvalue weighted by Crippen LogP contribution is 2.41. The van der Waals surface area contributed by atoms with Crippen LogP contribution in [0.3, 0.4) is 0 Å². The number of rotatable bonds is 9. The highest BCUT2D eigenvalue weighted by molar-refractivity contribution is 6.30. The summed E-state index contributed by atoms with van der Waals surface area (Å²) in [4.78, 5) is 30.7. The van der Waals surface area contributed by atoms with Crippen molar-refractivity contribution in [1.82, 2.24) is 9.80 Å². The average Bonchev–Trinajstić information content (AvgIpc) is 3.48. The minimum Gasteiger partial charge on any atom is -0.503 e. The molecule has 0 saturated carbocycles. The Hall–Kier alpha value is -3.35. The standard InChI is InChI=1S/C28H29ClN2O4/c1-4-30(5-2)22(19-10-8-18(3)9-11-19)17-31-25(20-12-14-21(29)15-13-20)24(27(33)28(31)34)26(32)23-7-6-16-35-23/h6-16,22,25,33H,4-5,17H2,1-3H3. The highest BCUT2D eigenvalue weighted by atomic mass is 35.5. The number of aliphatic hydroxyl groups excluding tert-OH is 1. The predicted molar refractivity (Wildman–Crippen MR) is 135 cm³/mol. The van der Waals surface area contributed by atoms with E-state index in [9.17, 15) is 14.7 Å². The van der Waals surface area contributed by atoms with Crippen LogP contribution in [-0.4, -0.2) is 46.2 Å². The zero-order valence-corrected chi connectivity index (χ0v) is 20.8. The summed E-state index contributed by atoms with van der Waals surface area (Å²) in [6.45, 7) is 8.03. The number of carbonyl (C=O) groups is 2. The fourth-order valence-corrected chi connectivity index (χ4v) is 4.80. The van der Waals surface area contributed by atoms with Crippen molar-refractivity contribution in [1.29, 1.82) is 0 Å². The molecule has 6 nitrogen and oxygen atoms in total. The Kier molecular flexibility index (Phi) is 7.43. The summed E-state index contributed by atoms with van der Waals surface area (Å²) in [6, 6.07) is 17.4. The van der Waals surface area contributed by atoms with E-state index in [1.165, 1.54) is 12.3 Å². The average molecular weight is 493 g/mol. The number of likely N-dealkylation sites (N-methyl/N-ethyl adjacent to an activating group) is 1. The lowest BCUT2D eigenvalue weighted by molar-refractivity contribution is -0.130. The topological polar surface area (TPSA) is 74.0 Å². The van der Waals surface area contributed by atoms with Crippen LogP contribution in [0.15, 0.2) is 82.7 Å². The Morgan fingerprint density at radius 2 is 1.74 bits per heavy atom. The number of hydrogen-bond acceptors (Lipinski definition) is 5. The quantitative estimate of drug-likeness (QED) is 0.376. The third kappa shape index (κ3) is 4.90. The Morgan fingerprint density at radius 1 is 1.09 bits per heavy atom. The Balaban J connectivity index is 1.79. The van der Waals surface area contributed by atoms with Crippen LogP contribution < -0.4 is 0 Å². The summed E-state index contributed by atoms with van der Waals surface area (Å²) < 4.78 is 5.31. The largest absolute Gasteiger partial charge is 0.503 e. The van der Waals surface area contributed by atoms with Crippen LogP contribution in [0.5, 0.6) is 0 Å². The SMILES string of the molecule is CCN(CC)C(CN1C(=O)C(O)=C(C(=O)c2ccco2)C1c1ccc(Cl)cc1)c1ccc(C)cc1. The Morgan fingerprint density at radius 3 is 2.31 bits per heavy atom. The molecule has 2 heterocycles. The molecule has 0 bridgehead atoms. The lowest BCUT2D eigenvalue weighted by Crippen LogP contribution is -2.41. The Bertz CT molecular complexity index is 1210. The van der Waals surface area contributed by atoms with Gasteiger partial charge in [-0.1, -0.05) is 67.4 Å². The molecule has 0 fully saturated rings. The molecule has 1 aromatic heterocycles. The van der Waals surface area contributed by atoms with E-state index in [1.54, 1.807) is 35.2 Å². The van der Waals surface area contributed by atoms with Gasteiger partial charge in [-0.25, -0.2) is 0 Å². The third-order valence-corrected chi connectivity index (χ3v) is 6.82. The number of benzene rings is 2. The van der Waals surface area contributed by atoms with Gasteiger partial charge in [0, 0.05) is 11.6 Å². The summed E-state index contributed by atoms with van der Waals surface area (Å²) in [6.07, 6.45) is 1.39. The molecule has 1 amide bonds. The molecule has 4 rings (SSSR count). The number of furan rings is 1. The fraction of sp³-hybridized carbons (Fsp3) is 0.286. The van der Waals surface area contributed by atoms with Crippen molar-refractivity contribution >= 4 is 23.3 Å². The molecule has 35 heavy (non-hydrogen) atoms. The van der Waals surface area contributed by atoms with Crippen LogP contribution in [0.25, 0.3) is 0 Å². The molecular formula is C28H29ClN2O4. The minimum absolute atomic E-state index is 0.00877. The van der Waals surface area contributed by atoms with Gasteiger partial charge in [0.25, 0.3) is 5.91 Å². The first kappa shape index (κ1) is 24.8. The maximum Gasteiger partial charge on any atom is 0.290 e. The molecule has 182 valence electrons. The van der Waals surface area contributed by atoms with Crippen molar-refractivity contribution in [3.8, 4) is 0 Å². The van der Waals surface area contributed by atoms with Crippen LogP contribution in [0, 0.1) is 6.92 Å². The molecule has 2 unspecified atom stereocenters. The van der Waals surface area contributed by atoms with E-state index in [2.05, 4.69) is 43.0 Å². The molecule has 0 spiro atoms. The third-order valence-electron chi connectivity index (χ3n) is 6.56. The van der Waals surface area contributed by atoms with Crippen LogP contribution >= 0.6 is 11.6 Å². The highest BCUT2D eigenvalue weighted by Gasteiger charge is 2.45. The van der Waals surface area contributed by atoms with Crippen LogP contribution in [0.1, 0.15) is 53.2 Å². The van der Waals surface area contributed by atoms with E-state index < -0.39 is 23.5 Å². The predicted octanol–water partition coefficient (Wildman–Crippen LogP) is 5.90. The van der Waals surface area contributed by atoms with Crippen molar-refractivity contribution < 1.29 is 19.1 Å². The minimum atomic E-state index is -0.777. The molecule has 3 aromatic rings. The van der Waals surface area contributed by atoms with Crippen molar-refractivity contribution in [2.75, 3.05) is 19.6 Å². The molecule has 1 aliphatic rings. The molecule has 1 N–H and O–H groups in total. The zero-order valence-electron chi connectivity index (χ0n) is 20.1. The molecule has 1 aliphatic heterocycles. The fourth-order valence-electron chi connectivity index (χ4n) is 4.68. The molecule has 0 aliphatic carbocycles. The van der Waals surface area contributed by atoms with Crippen molar-refractivity contribution in [3.63, 3.8) is 0 Å². The molecule has 0 radical (unpaired) electrons. The van der Waals surface area contributed by atoms with Crippen LogP contribution in [-0.2, 0) is 4.79 Å². The number of nitrogens with zero attached hydrogens (tertiary/aromatic N) is 2. The van der Waals surface area contributed by atoms with E-state index in [4.69, 9.17) is 16.0 Å². The summed E-state index contributed by atoms with van der Waals surface area (Å²) in [5, 5.41) is 11.5. The first-order valence-corrected chi connectivity index (χ1v) is 12.1. The number of carbonyl (C=O) groups excluding carboxylic acids is 2. The Labute approximate surface area is 210 Å². The summed E-state index contributed by atoms with van der Waals surface area (Å²) in [5.74, 6) is -1.57. The van der Waals surface area contributed by atoms with Crippen LogP contribution in [0.2, 0.25) is 5.02 Å². The van der Waals surface area contributed by atoms with Crippen LogP contribution in [0.4, 0.5) is 0 Å².